The Labute approximate surface area is 130 Å². The predicted octanol–water partition coefficient (Wildman–Crippen LogP) is 3.67. The Bertz CT molecular complexity index is 636. The second-order valence-corrected chi connectivity index (χ2v) is 5.50. The van der Waals surface area contributed by atoms with E-state index in [0.717, 1.165) is 15.7 Å². The molecule has 0 aliphatic carbocycles. The number of hydrogen-bond acceptors (Lipinski definition) is 5. The van der Waals surface area contributed by atoms with E-state index in [-0.39, 0.29) is 0 Å². The van der Waals surface area contributed by atoms with Crippen LogP contribution in [0.5, 0.6) is 0 Å². The molecular formula is C13H14BrClN4O. The van der Waals surface area contributed by atoms with Crippen LogP contribution < -0.4 is 11.1 Å². The summed E-state index contributed by atoms with van der Waals surface area (Å²) in [4.78, 5) is 8.40. The smallest absolute Gasteiger partial charge is 0.158 e. The average Bonchev–Trinajstić information content (AvgIpc) is 2.35. The van der Waals surface area contributed by atoms with Crippen LogP contribution in [0.2, 0.25) is 5.02 Å². The van der Waals surface area contributed by atoms with E-state index in [4.69, 9.17) is 22.1 Å². The molecule has 5 nitrogen and oxygen atoms in total. The molecule has 0 fully saturated rings. The molecule has 1 heterocycles. The number of benzene rings is 1. The summed E-state index contributed by atoms with van der Waals surface area (Å²) in [6.45, 7) is 2.24. The van der Waals surface area contributed by atoms with Crippen molar-refractivity contribution in [3.05, 3.63) is 39.1 Å². The molecule has 0 radical (unpaired) electrons. The first-order chi connectivity index (χ1) is 9.49. The average molecular weight is 358 g/mol. The summed E-state index contributed by atoms with van der Waals surface area (Å²) < 4.78 is 5.90. The van der Waals surface area contributed by atoms with Crippen molar-refractivity contribution in [2.24, 2.45) is 0 Å². The molecule has 0 aliphatic heterocycles. The van der Waals surface area contributed by atoms with E-state index in [1.54, 1.807) is 13.2 Å². The minimum absolute atomic E-state index is 0.301. The van der Waals surface area contributed by atoms with Gasteiger partial charge in [0.15, 0.2) is 5.82 Å². The van der Waals surface area contributed by atoms with Crippen LogP contribution in [-0.4, -0.2) is 17.1 Å². The Morgan fingerprint density at radius 2 is 2.10 bits per heavy atom. The number of hydrogen-bond donors (Lipinski definition) is 2. The van der Waals surface area contributed by atoms with Crippen LogP contribution in [0.15, 0.2) is 22.7 Å². The van der Waals surface area contributed by atoms with Gasteiger partial charge in [-0.15, -0.1) is 0 Å². The molecule has 7 heteroatoms. The summed E-state index contributed by atoms with van der Waals surface area (Å²) in [6, 6.07) is 5.42. The number of nitrogens with two attached hydrogens (primary N) is 1. The van der Waals surface area contributed by atoms with Crippen molar-refractivity contribution in [2.75, 3.05) is 18.2 Å². The van der Waals surface area contributed by atoms with Crippen LogP contribution in [0.25, 0.3) is 0 Å². The van der Waals surface area contributed by atoms with Gasteiger partial charge in [-0.2, -0.15) is 0 Å². The lowest BCUT2D eigenvalue weighted by molar-refractivity contribution is 0.178. The summed E-state index contributed by atoms with van der Waals surface area (Å²) in [5, 5.41) is 3.84. The molecule has 2 aromatic rings. The molecule has 20 heavy (non-hydrogen) atoms. The molecule has 0 bridgehead atoms. The van der Waals surface area contributed by atoms with Crippen LogP contribution in [0.4, 0.5) is 17.3 Å². The number of aryl methyl sites for hydroxylation is 1. The number of halogens is 2. The fourth-order valence-corrected chi connectivity index (χ4v) is 2.38. The number of aromatic nitrogens is 2. The molecule has 0 saturated heterocycles. The minimum atomic E-state index is 0.301. The maximum absolute atomic E-state index is 6.13. The summed E-state index contributed by atoms with van der Waals surface area (Å²) in [5.74, 6) is 1.48. The van der Waals surface area contributed by atoms with Gasteiger partial charge in [0, 0.05) is 22.7 Å². The van der Waals surface area contributed by atoms with Crippen molar-refractivity contribution in [1.82, 2.24) is 9.97 Å². The predicted molar refractivity (Wildman–Crippen MR) is 84.3 cm³/mol. The number of rotatable bonds is 4. The Balaban J connectivity index is 2.32. The van der Waals surface area contributed by atoms with Gasteiger partial charge in [-0.05, 0) is 40.5 Å². The third-order valence-corrected chi connectivity index (χ3v) is 3.64. The van der Waals surface area contributed by atoms with Gasteiger partial charge in [0.25, 0.3) is 0 Å². The Morgan fingerprint density at radius 1 is 1.35 bits per heavy atom. The molecule has 3 N–H and O–H groups in total. The normalized spacial score (nSPS) is 10.6. The molecule has 106 valence electrons. The van der Waals surface area contributed by atoms with Gasteiger partial charge in [-0.1, -0.05) is 11.6 Å². The molecule has 0 amide bonds. The number of ether oxygens (including phenoxy) is 1. The van der Waals surface area contributed by atoms with E-state index in [2.05, 4.69) is 31.2 Å². The molecule has 0 saturated carbocycles. The van der Waals surface area contributed by atoms with E-state index in [9.17, 15) is 0 Å². The van der Waals surface area contributed by atoms with Crippen molar-refractivity contribution in [1.29, 1.82) is 0 Å². The Kier molecular flexibility index (Phi) is 4.80. The maximum atomic E-state index is 6.13. The molecule has 0 atom stereocenters. The highest BCUT2D eigenvalue weighted by Crippen LogP contribution is 2.31. The number of nitrogen functional groups attached to an aromatic ring is 1. The maximum Gasteiger partial charge on any atom is 0.158 e. The van der Waals surface area contributed by atoms with Crippen molar-refractivity contribution >= 4 is 44.9 Å². The quantitative estimate of drug-likeness (QED) is 0.873. The second kappa shape index (κ2) is 6.39. The number of methoxy groups -OCH3 is 1. The Hall–Kier alpha value is -1.37. The number of anilines is 3. The zero-order chi connectivity index (χ0) is 14.7. The minimum Gasteiger partial charge on any atom is -0.384 e. The van der Waals surface area contributed by atoms with Gasteiger partial charge < -0.3 is 15.8 Å². The SMILES string of the molecule is COCc1nc(N)cc(Nc2cc(Cl)c(C)cc2Br)n1. The summed E-state index contributed by atoms with van der Waals surface area (Å²) in [7, 11) is 1.58. The van der Waals surface area contributed by atoms with Crippen molar-refractivity contribution in [2.45, 2.75) is 13.5 Å². The van der Waals surface area contributed by atoms with Gasteiger partial charge in [0.1, 0.15) is 18.2 Å². The fraction of sp³-hybridized carbons (Fsp3) is 0.231. The summed E-state index contributed by atoms with van der Waals surface area (Å²) >= 11 is 9.61. The van der Waals surface area contributed by atoms with Crippen LogP contribution >= 0.6 is 27.5 Å². The van der Waals surface area contributed by atoms with Crippen molar-refractivity contribution < 1.29 is 4.74 Å². The topological polar surface area (TPSA) is 73.1 Å². The van der Waals surface area contributed by atoms with E-state index >= 15 is 0 Å². The first-order valence-electron chi connectivity index (χ1n) is 5.84. The third-order valence-electron chi connectivity index (χ3n) is 2.58. The zero-order valence-corrected chi connectivity index (χ0v) is 13.4. The molecule has 0 unspecified atom stereocenters. The summed E-state index contributed by atoms with van der Waals surface area (Å²) in [5.41, 5.74) is 7.55. The van der Waals surface area contributed by atoms with Gasteiger partial charge in [-0.3, -0.25) is 0 Å². The molecule has 2 rings (SSSR count). The van der Waals surface area contributed by atoms with Crippen LogP contribution in [0, 0.1) is 6.92 Å². The van der Waals surface area contributed by atoms with Gasteiger partial charge in [-0.25, -0.2) is 9.97 Å². The van der Waals surface area contributed by atoms with Crippen molar-refractivity contribution in [3.63, 3.8) is 0 Å². The lowest BCUT2D eigenvalue weighted by atomic mass is 10.2. The first kappa shape index (κ1) is 15.0. The van der Waals surface area contributed by atoms with E-state index in [0.29, 0.717) is 29.1 Å². The molecule has 1 aromatic heterocycles. The summed E-state index contributed by atoms with van der Waals surface area (Å²) in [6.07, 6.45) is 0. The number of nitrogens with zero attached hydrogens (tertiary/aromatic N) is 2. The molecule has 0 spiro atoms. The highest BCUT2D eigenvalue weighted by Gasteiger charge is 2.07. The van der Waals surface area contributed by atoms with Crippen LogP contribution in [0.3, 0.4) is 0 Å². The van der Waals surface area contributed by atoms with Crippen molar-refractivity contribution in [3.8, 4) is 0 Å². The van der Waals surface area contributed by atoms with E-state index in [1.165, 1.54) is 0 Å². The van der Waals surface area contributed by atoms with E-state index < -0.39 is 0 Å². The third kappa shape index (κ3) is 3.59. The van der Waals surface area contributed by atoms with E-state index in [1.807, 2.05) is 19.1 Å². The first-order valence-corrected chi connectivity index (χ1v) is 7.01. The Morgan fingerprint density at radius 3 is 2.80 bits per heavy atom. The molecule has 0 aliphatic rings. The van der Waals surface area contributed by atoms with Gasteiger partial charge >= 0.3 is 0 Å². The van der Waals surface area contributed by atoms with Gasteiger partial charge in [0.05, 0.1) is 5.69 Å². The lowest BCUT2D eigenvalue weighted by Gasteiger charge is -2.11. The molecule has 1 aromatic carbocycles. The van der Waals surface area contributed by atoms with Crippen LogP contribution in [-0.2, 0) is 11.3 Å². The van der Waals surface area contributed by atoms with Gasteiger partial charge in [0.2, 0.25) is 0 Å². The largest absolute Gasteiger partial charge is 0.384 e. The van der Waals surface area contributed by atoms with Crippen LogP contribution in [0.1, 0.15) is 11.4 Å². The zero-order valence-electron chi connectivity index (χ0n) is 11.1. The second-order valence-electron chi connectivity index (χ2n) is 4.23. The highest BCUT2D eigenvalue weighted by atomic mass is 79.9. The standard InChI is InChI=1S/C13H14BrClN4O/c1-7-3-8(14)10(4-9(7)15)17-12-5-11(16)18-13(19-12)6-20-2/h3-5H,6H2,1-2H3,(H3,16,17,18,19). The fourth-order valence-electron chi connectivity index (χ4n) is 1.66. The highest BCUT2D eigenvalue weighted by molar-refractivity contribution is 9.10. The monoisotopic (exact) mass is 356 g/mol. The lowest BCUT2D eigenvalue weighted by Crippen LogP contribution is -2.04. The number of nitrogens with one attached hydrogen (secondary N) is 1. The molecular weight excluding hydrogens is 344 g/mol.